The number of hydrogen-bond donors (Lipinski definition) is 1. The molecule has 1 nitrogen and oxygen atoms in total. The maximum Gasteiger partial charge on any atom is 0.126 e. The third-order valence-corrected chi connectivity index (χ3v) is 3.46. The summed E-state index contributed by atoms with van der Waals surface area (Å²) in [6.45, 7) is 5.98. The first-order chi connectivity index (χ1) is 9.45. The van der Waals surface area contributed by atoms with E-state index in [1.165, 1.54) is 17.7 Å². The molecule has 3 heteroatoms. The average Bonchev–Trinajstić information content (AvgIpc) is 2.38. The molecular weight excluding hydrogens is 256 g/mol. The van der Waals surface area contributed by atoms with E-state index in [1.54, 1.807) is 0 Å². The summed E-state index contributed by atoms with van der Waals surface area (Å²) >= 11 is 0. The summed E-state index contributed by atoms with van der Waals surface area (Å²) in [4.78, 5) is 0. The van der Waals surface area contributed by atoms with E-state index < -0.39 is 11.6 Å². The van der Waals surface area contributed by atoms with Gasteiger partial charge in [0.1, 0.15) is 11.6 Å². The van der Waals surface area contributed by atoms with Gasteiger partial charge >= 0.3 is 0 Å². The summed E-state index contributed by atoms with van der Waals surface area (Å²) < 4.78 is 26.5. The number of hydrogen-bond acceptors (Lipinski definition) is 1. The minimum Gasteiger partial charge on any atom is -0.304 e. The molecule has 2 aromatic rings. The molecule has 2 aromatic carbocycles. The topological polar surface area (TPSA) is 12.0 Å². The highest BCUT2D eigenvalue weighted by Crippen LogP contribution is 2.21. The summed E-state index contributed by atoms with van der Waals surface area (Å²) in [5.41, 5.74) is 2.97. The lowest BCUT2D eigenvalue weighted by molar-refractivity contribution is 0.487. The maximum absolute atomic E-state index is 13.2. The van der Waals surface area contributed by atoms with Crippen LogP contribution >= 0.6 is 0 Å². The van der Waals surface area contributed by atoms with Crippen LogP contribution in [-0.4, -0.2) is 0 Å². The second-order valence-electron chi connectivity index (χ2n) is 5.22. The lowest BCUT2D eigenvalue weighted by Gasteiger charge is -2.21. The highest BCUT2D eigenvalue weighted by Gasteiger charge is 2.12. The Kier molecular flexibility index (Phi) is 4.50. The zero-order valence-electron chi connectivity index (χ0n) is 12.0. The average molecular weight is 275 g/mol. The molecule has 20 heavy (non-hydrogen) atoms. The lowest BCUT2D eigenvalue weighted by Crippen LogP contribution is -2.22. The maximum atomic E-state index is 13.2. The summed E-state index contributed by atoms with van der Waals surface area (Å²) in [6.07, 6.45) is 0. The van der Waals surface area contributed by atoms with Crippen LogP contribution < -0.4 is 5.32 Å². The van der Waals surface area contributed by atoms with Crippen LogP contribution in [0.25, 0.3) is 0 Å². The smallest absolute Gasteiger partial charge is 0.126 e. The summed E-state index contributed by atoms with van der Waals surface area (Å²) in [5, 5.41) is 3.35. The van der Waals surface area contributed by atoms with Crippen LogP contribution in [0.1, 0.15) is 42.6 Å². The van der Waals surface area contributed by atoms with Crippen molar-refractivity contribution in [3.05, 3.63) is 70.8 Å². The van der Waals surface area contributed by atoms with Crippen molar-refractivity contribution in [1.29, 1.82) is 0 Å². The predicted molar refractivity (Wildman–Crippen MR) is 77.5 cm³/mol. The van der Waals surface area contributed by atoms with E-state index in [9.17, 15) is 8.78 Å². The first-order valence-electron chi connectivity index (χ1n) is 6.74. The Labute approximate surface area is 118 Å². The lowest BCUT2D eigenvalue weighted by atomic mass is 10.0. The molecular formula is C17H19F2N. The van der Waals surface area contributed by atoms with E-state index in [2.05, 4.69) is 29.6 Å². The third-order valence-electron chi connectivity index (χ3n) is 3.46. The van der Waals surface area contributed by atoms with Gasteiger partial charge in [0, 0.05) is 18.2 Å². The van der Waals surface area contributed by atoms with Crippen LogP contribution in [0.4, 0.5) is 8.78 Å². The van der Waals surface area contributed by atoms with Gasteiger partial charge in [-0.15, -0.1) is 0 Å². The van der Waals surface area contributed by atoms with E-state index in [4.69, 9.17) is 0 Å². The zero-order valence-corrected chi connectivity index (χ0v) is 12.0. The van der Waals surface area contributed by atoms with Crippen molar-refractivity contribution < 1.29 is 8.78 Å². The fraction of sp³-hybridized carbons (Fsp3) is 0.294. The molecule has 2 atom stereocenters. The van der Waals surface area contributed by atoms with Gasteiger partial charge in [0.2, 0.25) is 0 Å². The molecule has 106 valence electrons. The van der Waals surface area contributed by atoms with Crippen LogP contribution in [0.2, 0.25) is 0 Å². The van der Waals surface area contributed by atoms with Gasteiger partial charge in [0.15, 0.2) is 0 Å². The Hall–Kier alpha value is -1.74. The second-order valence-corrected chi connectivity index (χ2v) is 5.22. The van der Waals surface area contributed by atoms with E-state index in [0.717, 1.165) is 11.6 Å². The van der Waals surface area contributed by atoms with Crippen LogP contribution in [0, 0.1) is 18.6 Å². The second kappa shape index (κ2) is 6.14. The van der Waals surface area contributed by atoms with Gasteiger partial charge in [-0.3, -0.25) is 0 Å². The Bertz CT molecular complexity index is 558. The van der Waals surface area contributed by atoms with Crippen molar-refractivity contribution in [2.45, 2.75) is 32.9 Å². The molecule has 0 spiro atoms. The van der Waals surface area contributed by atoms with Crippen molar-refractivity contribution >= 4 is 0 Å². The summed E-state index contributed by atoms with van der Waals surface area (Å²) in [5.74, 6) is -1.09. The van der Waals surface area contributed by atoms with Crippen molar-refractivity contribution in [1.82, 2.24) is 5.32 Å². The van der Waals surface area contributed by atoms with Gasteiger partial charge < -0.3 is 5.32 Å². The van der Waals surface area contributed by atoms with Crippen LogP contribution in [0.15, 0.2) is 42.5 Å². The van der Waals surface area contributed by atoms with Gasteiger partial charge in [-0.2, -0.15) is 0 Å². The molecule has 0 aromatic heterocycles. The van der Waals surface area contributed by atoms with Crippen LogP contribution in [0.3, 0.4) is 0 Å². The molecule has 0 aliphatic rings. The first kappa shape index (κ1) is 14.7. The molecule has 0 aliphatic heterocycles. The standard InChI is InChI=1S/C17H19F2N/c1-11-4-6-14(7-5-11)12(2)20-13(3)15-8-16(18)10-17(19)9-15/h4-10,12-13,20H,1-3H3. The largest absolute Gasteiger partial charge is 0.304 e. The summed E-state index contributed by atoms with van der Waals surface area (Å²) in [6, 6.07) is 11.8. The SMILES string of the molecule is Cc1ccc(C(C)NC(C)c2cc(F)cc(F)c2)cc1. The molecule has 0 fully saturated rings. The molecule has 2 rings (SSSR count). The van der Waals surface area contributed by atoms with Gasteiger partial charge in [0.05, 0.1) is 0 Å². The van der Waals surface area contributed by atoms with Crippen molar-refractivity contribution in [2.75, 3.05) is 0 Å². The number of aryl methyl sites for hydroxylation is 1. The quantitative estimate of drug-likeness (QED) is 0.854. The Morgan fingerprint density at radius 2 is 1.30 bits per heavy atom. The molecule has 0 aliphatic carbocycles. The van der Waals surface area contributed by atoms with Crippen LogP contribution in [-0.2, 0) is 0 Å². The molecule has 0 amide bonds. The monoisotopic (exact) mass is 275 g/mol. The zero-order chi connectivity index (χ0) is 14.7. The van der Waals surface area contributed by atoms with Crippen molar-refractivity contribution in [3.63, 3.8) is 0 Å². The highest BCUT2D eigenvalue weighted by molar-refractivity contribution is 5.25. The molecule has 0 bridgehead atoms. The molecule has 0 saturated heterocycles. The number of benzene rings is 2. The van der Waals surface area contributed by atoms with Gasteiger partial charge in [-0.25, -0.2) is 8.78 Å². The van der Waals surface area contributed by atoms with Gasteiger partial charge in [0.25, 0.3) is 0 Å². The van der Waals surface area contributed by atoms with Crippen LogP contribution in [0.5, 0.6) is 0 Å². The minimum absolute atomic E-state index is 0.108. The fourth-order valence-electron chi connectivity index (χ4n) is 2.25. The molecule has 0 radical (unpaired) electrons. The number of nitrogens with one attached hydrogen (secondary N) is 1. The number of rotatable bonds is 4. The van der Waals surface area contributed by atoms with E-state index in [0.29, 0.717) is 5.56 Å². The van der Waals surface area contributed by atoms with Gasteiger partial charge in [-0.1, -0.05) is 29.8 Å². The Morgan fingerprint density at radius 3 is 1.85 bits per heavy atom. The Morgan fingerprint density at radius 1 is 0.800 bits per heavy atom. The number of halogens is 2. The highest BCUT2D eigenvalue weighted by atomic mass is 19.1. The van der Waals surface area contributed by atoms with Gasteiger partial charge in [-0.05, 0) is 44.0 Å². The predicted octanol–water partition coefficient (Wildman–Crippen LogP) is 4.69. The normalized spacial score (nSPS) is 14.1. The fourth-order valence-corrected chi connectivity index (χ4v) is 2.25. The molecule has 1 N–H and O–H groups in total. The third kappa shape index (κ3) is 3.64. The van der Waals surface area contributed by atoms with Crippen molar-refractivity contribution in [3.8, 4) is 0 Å². The first-order valence-corrected chi connectivity index (χ1v) is 6.74. The Balaban J connectivity index is 2.10. The molecule has 0 heterocycles. The molecule has 0 saturated carbocycles. The van der Waals surface area contributed by atoms with E-state index >= 15 is 0 Å². The minimum atomic E-state index is -0.545. The van der Waals surface area contributed by atoms with Crippen molar-refractivity contribution in [2.24, 2.45) is 0 Å². The van der Waals surface area contributed by atoms with E-state index in [1.807, 2.05) is 20.8 Å². The molecule has 2 unspecified atom stereocenters. The summed E-state index contributed by atoms with van der Waals surface area (Å²) in [7, 11) is 0. The van der Waals surface area contributed by atoms with E-state index in [-0.39, 0.29) is 12.1 Å².